The largest absolute Gasteiger partial charge is 0.491 e. The van der Waals surface area contributed by atoms with E-state index in [2.05, 4.69) is 54.6 Å². The zero-order chi connectivity index (χ0) is 28.8. The zero-order valence-corrected chi connectivity index (χ0v) is 23.7. The molecule has 42 heavy (non-hydrogen) atoms. The van der Waals surface area contributed by atoms with Gasteiger partial charge in [-0.25, -0.2) is 0 Å². The first kappa shape index (κ1) is 28.9. The van der Waals surface area contributed by atoms with Gasteiger partial charge in [-0.1, -0.05) is 121 Å². The van der Waals surface area contributed by atoms with Gasteiger partial charge in [0, 0.05) is 12.2 Å². The standard InChI is InChI=1S/C38H36O4/c39-25-24-35(32-16-8-3-9-17-32)38(33-20-22-34(23-21-33)42-29-31-14-6-2-7-15-31)36-18-10-11-19-37(36)41-27-26-40-28-30-12-4-1-5-13-30/h1-23,39H,24-29H2/b38-35-. The second-order valence-corrected chi connectivity index (χ2v) is 9.87. The number of para-hydroxylation sites is 1. The van der Waals surface area contributed by atoms with Crippen LogP contribution in [0.25, 0.3) is 11.1 Å². The Balaban J connectivity index is 1.42. The summed E-state index contributed by atoms with van der Waals surface area (Å²) >= 11 is 0. The summed E-state index contributed by atoms with van der Waals surface area (Å²) in [5.41, 5.74) is 7.37. The predicted octanol–water partition coefficient (Wildman–Crippen LogP) is 8.20. The van der Waals surface area contributed by atoms with Crippen LogP contribution in [0.3, 0.4) is 0 Å². The minimum atomic E-state index is 0.0301. The third-order valence-corrected chi connectivity index (χ3v) is 6.93. The fraction of sp³-hybridized carbons (Fsp3) is 0.158. The predicted molar refractivity (Wildman–Crippen MR) is 169 cm³/mol. The normalized spacial score (nSPS) is 11.5. The van der Waals surface area contributed by atoms with Crippen molar-refractivity contribution < 1.29 is 19.3 Å². The molecule has 5 aromatic rings. The molecule has 0 aliphatic rings. The Hall–Kier alpha value is -4.64. The molecule has 5 aromatic carbocycles. The van der Waals surface area contributed by atoms with Crippen molar-refractivity contribution in [2.24, 2.45) is 0 Å². The molecule has 0 atom stereocenters. The molecule has 0 saturated heterocycles. The Morgan fingerprint density at radius 1 is 0.524 bits per heavy atom. The lowest BCUT2D eigenvalue weighted by molar-refractivity contribution is 0.0888. The highest BCUT2D eigenvalue weighted by atomic mass is 16.5. The van der Waals surface area contributed by atoms with E-state index in [9.17, 15) is 5.11 Å². The first-order chi connectivity index (χ1) is 20.8. The summed E-state index contributed by atoms with van der Waals surface area (Å²) in [6, 6.07) is 46.7. The average Bonchev–Trinajstić information content (AvgIpc) is 3.06. The van der Waals surface area contributed by atoms with Crippen molar-refractivity contribution >= 4 is 11.1 Å². The van der Waals surface area contributed by atoms with Gasteiger partial charge in [0.15, 0.2) is 0 Å². The number of hydrogen-bond donors (Lipinski definition) is 1. The number of rotatable bonds is 14. The van der Waals surface area contributed by atoms with Gasteiger partial charge in [-0.15, -0.1) is 0 Å². The third-order valence-electron chi connectivity index (χ3n) is 6.93. The third kappa shape index (κ3) is 7.97. The van der Waals surface area contributed by atoms with E-state index in [0.717, 1.165) is 50.5 Å². The molecule has 0 aliphatic heterocycles. The molecule has 212 valence electrons. The van der Waals surface area contributed by atoms with E-state index in [1.807, 2.05) is 84.9 Å². The van der Waals surface area contributed by atoms with Crippen LogP contribution in [0.2, 0.25) is 0 Å². The van der Waals surface area contributed by atoms with Gasteiger partial charge < -0.3 is 19.3 Å². The Labute approximate surface area is 248 Å². The maximum atomic E-state index is 10.1. The van der Waals surface area contributed by atoms with Gasteiger partial charge in [0.05, 0.1) is 13.2 Å². The van der Waals surface area contributed by atoms with Crippen molar-refractivity contribution in [2.45, 2.75) is 19.6 Å². The molecule has 0 heterocycles. The highest BCUT2D eigenvalue weighted by Gasteiger charge is 2.18. The Morgan fingerprint density at radius 2 is 1.12 bits per heavy atom. The van der Waals surface area contributed by atoms with Crippen LogP contribution in [0.5, 0.6) is 11.5 Å². The van der Waals surface area contributed by atoms with E-state index in [1.54, 1.807) is 0 Å². The topological polar surface area (TPSA) is 47.9 Å². The second-order valence-electron chi connectivity index (χ2n) is 9.87. The van der Waals surface area contributed by atoms with Gasteiger partial charge in [0.1, 0.15) is 24.7 Å². The number of ether oxygens (including phenoxy) is 3. The molecule has 0 unspecified atom stereocenters. The molecular weight excluding hydrogens is 520 g/mol. The van der Waals surface area contributed by atoms with E-state index in [4.69, 9.17) is 14.2 Å². The van der Waals surface area contributed by atoms with Gasteiger partial charge >= 0.3 is 0 Å². The number of hydrogen-bond acceptors (Lipinski definition) is 4. The molecule has 0 aliphatic carbocycles. The lowest BCUT2D eigenvalue weighted by Crippen LogP contribution is -2.08. The highest BCUT2D eigenvalue weighted by Crippen LogP contribution is 2.39. The summed E-state index contributed by atoms with van der Waals surface area (Å²) in [5, 5.41) is 10.1. The Morgan fingerprint density at radius 3 is 1.79 bits per heavy atom. The lowest BCUT2D eigenvalue weighted by atomic mass is 9.87. The minimum absolute atomic E-state index is 0.0301. The van der Waals surface area contributed by atoms with Crippen molar-refractivity contribution in [2.75, 3.05) is 19.8 Å². The van der Waals surface area contributed by atoms with Crippen LogP contribution in [-0.4, -0.2) is 24.9 Å². The van der Waals surface area contributed by atoms with Gasteiger partial charge in [-0.3, -0.25) is 0 Å². The number of aliphatic hydroxyl groups is 1. The first-order valence-corrected chi connectivity index (χ1v) is 14.3. The summed E-state index contributed by atoms with van der Waals surface area (Å²) in [7, 11) is 0. The number of aliphatic hydroxyl groups excluding tert-OH is 1. The van der Waals surface area contributed by atoms with Crippen molar-refractivity contribution in [3.8, 4) is 11.5 Å². The lowest BCUT2D eigenvalue weighted by Gasteiger charge is -2.20. The highest BCUT2D eigenvalue weighted by molar-refractivity contribution is 6.00. The summed E-state index contributed by atoms with van der Waals surface area (Å²) in [6.07, 6.45) is 0.500. The van der Waals surface area contributed by atoms with Crippen LogP contribution in [0.4, 0.5) is 0 Å². The molecule has 0 saturated carbocycles. The first-order valence-electron chi connectivity index (χ1n) is 14.3. The van der Waals surface area contributed by atoms with Crippen LogP contribution in [0, 0.1) is 0 Å². The Kier molecular flexibility index (Phi) is 10.6. The van der Waals surface area contributed by atoms with Crippen LogP contribution in [0.15, 0.2) is 140 Å². The van der Waals surface area contributed by atoms with Gasteiger partial charge in [0.25, 0.3) is 0 Å². The van der Waals surface area contributed by atoms with Crippen LogP contribution < -0.4 is 9.47 Å². The molecule has 5 rings (SSSR count). The van der Waals surface area contributed by atoms with Crippen molar-refractivity contribution in [3.63, 3.8) is 0 Å². The van der Waals surface area contributed by atoms with Gasteiger partial charge in [0.2, 0.25) is 0 Å². The van der Waals surface area contributed by atoms with E-state index in [1.165, 1.54) is 0 Å². The molecule has 0 aromatic heterocycles. The summed E-state index contributed by atoms with van der Waals surface area (Å²) in [5.74, 6) is 1.57. The van der Waals surface area contributed by atoms with Crippen molar-refractivity contribution in [3.05, 3.63) is 167 Å². The molecule has 0 bridgehead atoms. The minimum Gasteiger partial charge on any atom is -0.491 e. The maximum Gasteiger partial charge on any atom is 0.127 e. The summed E-state index contributed by atoms with van der Waals surface area (Å²) < 4.78 is 18.2. The number of benzene rings is 5. The zero-order valence-electron chi connectivity index (χ0n) is 23.7. The quantitative estimate of drug-likeness (QED) is 0.111. The molecule has 1 N–H and O–H groups in total. The van der Waals surface area contributed by atoms with Crippen molar-refractivity contribution in [1.82, 2.24) is 0 Å². The van der Waals surface area contributed by atoms with Crippen molar-refractivity contribution in [1.29, 1.82) is 0 Å². The SMILES string of the molecule is OCC/C(=C(\c1ccc(OCc2ccccc2)cc1)c1ccccc1OCCOCc1ccccc1)c1ccccc1. The smallest absolute Gasteiger partial charge is 0.127 e. The van der Waals surface area contributed by atoms with E-state index in [-0.39, 0.29) is 6.61 Å². The molecule has 4 nitrogen and oxygen atoms in total. The van der Waals surface area contributed by atoms with E-state index in [0.29, 0.717) is 32.8 Å². The van der Waals surface area contributed by atoms with Crippen LogP contribution in [-0.2, 0) is 18.0 Å². The molecular formula is C38H36O4. The summed E-state index contributed by atoms with van der Waals surface area (Å²) in [6.45, 7) is 1.97. The summed E-state index contributed by atoms with van der Waals surface area (Å²) in [4.78, 5) is 0. The molecule has 4 heteroatoms. The fourth-order valence-electron chi connectivity index (χ4n) is 4.89. The fourth-order valence-corrected chi connectivity index (χ4v) is 4.89. The molecule has 0 fully saturated rings. The van der Waals surface area contributed by atoms with Gasteiger partial charge in [-0.05, 0) is 58.0 Å². The maximum absolute atomic E-state index is 10.1. The van der Waals surface area contributed by atoms with Gasteiger partial charge in [-0.2, -0.15) is 0 Å². The van der Waals surface area contributed by atoms with E-state index >= 15 is 0 Å². The van der Waals surface area contributed by atoms with Crippen LogP contribution in [0.1, 0.15) is 34.2 Å². The molecule has 0 radical (unpaired) electrons. The molecule has 0 spiro atoms. The second kappa shape index (κ2) is 15.4. The van der Waals surface area contributed by atoms with E-state index < -0.39 is 0 Å². The Bertz CT molecular complexity index is 1530. The monoisotopic (exact) mass is 556 g/mol. The molecule has 0 amide bonds. The van der Waals surface area contributed by atoms with Crippen LogP contribution >= 0.6 is 0 Å². The average molecular weight is 557 g/mol.